The van der Waals surface area contributed by atoms with Crippen LogP contribution in [0.3, 0.4) is 0 Å². The van der Waals surface area contributed by atoms with Crippen LogP contribution in [0.1, 0.15) is 19.5 Å². The van der Waals surface area contributed by atoms with E-state index in [9.17, 15) is 33.0 Å². The van der Waals surface area contributed by atoms with E-state index in [1.54, 1.807) is 46.6 Å². The first-order valence-corrected chi connectivity index (χ1v) is 16.1. The van der Waals surface area contributed by atoms with Crippen LogP contribution in [0.4, 0.5) is 5.13 Å². The lowest BCUT2D eigenvalue weighted by molar-refractivity contribution is -0.218. The van der Waals surface area contributed by atoms with Crippen LogP contribution >= 0.6 is 11.3 Å². The van der Waals surface area contributed by atoms with E-state index in [-0.39, 0.29) is 35.3 Å². The second-order valence-corrected chi connectivity index (χ2v) is 12.8. The topological polar surface area (TPSA) is 300 Å². The number of hydroxylamine groups is 2. The smallest absolute Gasteiger partial charge is 0.418 e. The number of carboxylic acids is 1. The first kappa shape index (κ1) is 36.0. The van der Waals surface area contributed by atoms with Crippen molar-refractivity contribution in [1.82, 2.24) is 24.5 Å². The Kier molecular flexibility index (Phi) is 10.6. The van der Waals surface area contributed by atoms with Gasteiger partial charge in [0.25, 0.3) is 17.9 Å². The predicted octanol–water partition coefficient (Wildman–Crippen LogP) is -1.58. The van der Waals surface area contributed by atoms with Crippen molar-refractivity contribution in [1.29, 1.82) is 5.41 Å². The first-order chi connectivity index (χ1) is 22.4. The molecule has 3 heterocycles. The van der Waals surface area contributed by atoms with Crippen LogP contribution in [0.25, 0.3) is 11.3 Å². The van der Waals surface area contributed by atoms with Crippen molar-refractivity contribution in [3.8, 4) is 17.0 Å². The van der Waals surface area contributed by atoms with Crippen molar-refractivity contribution in [2.24, 2.45) is 17.9 Å². The van der Waals surface area contributed by atoms with Crippen LogP contribution in [-0.4, -0.2) is 103 Å². The van der Waals surface area contributed by atoms with Crippen LogP contribution < -0.4 is 27.1 Å². The number of nitrogens with zero attached hydrogens (tertiary/aromatic N) is 5. The van der Waals surface area contributed by atoms with Crippen LogP contribution in [-0.2, 0) is 47.5 Å². The molecule has 260 valence electrons. The van der Waals surface area contributed by atoms with Gasteiger partial charge in [-0.2, -0.15) is 13.5 Å². The number of carbonyl (C=O) groups excluding carboxylic acids is 2. The normalized spacial score (nSPS) is 17.4. The number of carboxylic acid groups (broad SMARTS) is 1. The number of hydrogen-bond acceptors (Lipinski definition) is 15. The van der Waals surface area contributed by atoms with Gasteiger partial charge in [-0.05, 0) is 43.7 Å². The number of aliphatic carboxylic acids is 1. The van der Waals surface area contributed by atoms with Gasteiger partial charge in [-0.3, -0.25) is 19.6 Å². The zero-order valence-electron chi connectivity index (χ0n) is 25.6. The standard InChI is InChI=1S/C26H33N9O11S2/c1-26(2)20(22(38)35(26)46-48(41,42)43)31-21(37)19(16-12-47-24(28)30-16)32-45-18(23(39)40)11-44-15-6-4-13(5-7-15)17-10-34(9-14(36)8-27)25(29)33(17)3/h4-7,10,12,14,18,20,29,36H,8-9,11,27H2,1-3H3,(H2,28,30)(H,31,37)(H,39,40)(H,41,42,43)/b29-25?,32-19-/t14-,18-,20+/m0/s1. The highest BCUT2D eigenvalue weighted by molar-refractivity contribution is 7.80. The van der Waals surface area contributed by atoms with Crippen molar-refractivity contribution in [2.45, 2.75) is 44.2 Å². The number of imidazole rings is 1. The highest BCUT2D eigenvalue weighted by Crippen LogP contribution is 2.33. The van der Waals surface area contributed by atoms with Crippen LogP contribution in [0.5, 0.6) is 5.75 Å². The van der Waals surface area contributed by atoms with Gasteiger partial charge in [-0.1, -0.05) is 5.16 Å². The van der Waals surface area contributed by atoms with Gasteiger partial charge >= 0.3 is 16.4 Å². The molecule has 22 heteroatoms. The van der Waals surface area contributed by atoms with Gasteiger partial charge in [0.2, 0.25) is 5.62 Å². The minimum Gasteiger partial charge on any atom is -0.489 e. The molecule has 0 saturated carbocycles. The summed E-state index contributed by atoms with van der Waals surface area (Å²) in [5.41, 5.74) is 10.6. The molecule has 2 amide bonds. The van der Waals surface area contributed by atoms with Crippen molar-refractivity contribution < 1.29 is 51.4 Å². The minimum atomic E-state index is -5.03. The van der Waals surface area contributed by atoms with Gasteiger partial charge in [0.15, 0.2) is 10.8 Å². The summed E-state index contributed by atoms with van der Waals surface area (Å²) in [5.74, 6) is -3.29. The Labute approximate surface area is 276 Å². The Morgan fingerprint density at radius 1 is 1.27 bits per heavy atom. The largest absolute Gasteiger partial charge is 0.489 e. The molecule has 9 N–H and O–H groups in total. The summed E-state index contributed by atoms with van der Waals surface area (Å²) in [5, 5.41) is 35.7. The number of ether oxygens (including phenoxy) is 1. The second-order valence-electron chi connectivity index (χ2n) is 10.9. The maximum atomic E-state index is 13.2. The van der Waals surface area contributed by atoms with Gasteiger partial charge in [0.1, 0.15) is 24.1 Å². The van der Waals surface area contributed by atoms with Gasteiger partial charge in [0, 0.05) is 25.2 Å². The molecule has 3 atom stereocenters. The number of benzene rings is 1. The van der Waals surface area contributed by atoms with Gasteiger partial charge in [0.05, 0.1) is 23.9 Å². The van der Waals surface area contributed by atoms with E-state index >= 15 is 0 Å². The van der Waals surface area contributed by atoms with E-state index in [0.717, 1.165) is 11.3 Å². The number of nitrogens with two attached hydrogens (primary N) is 2. The number of β-lactam (4-membered cyclic amide) rings is 1. The molecule has 1 aromatic carbocycles. The summed E-state index contributed by atoms with van der Waals surface area (Å²) < 4.78 is 44.2. The highest BCUT2D eigenvalue weighted by Gasteiger charge is 2.58. The molecule has 0 unspecified atom stereocenters. The Morgan fingerprint density at radius 2 is 1.94 bits per heavy atom. The average Bonchev–Trinajstić information content (AvgIpc) is 3.57. The SMILES string of the molecule is Cn1c(-c2ccc(OC[C@H](O/N=C(\C(=O)N[C@@H]3C(=O)N(OS(=O)(=O)O)C3(C)C)c3csc(N)n3)C(=O)O)cc2)cn(C[C@@H](O)CN)c1=N. The quantitative estimate of drug-likeness (QED) is 0.0405. The van der Waals surface area contributed by atoms with Crippen molar-refractivity contribution in [3.63, 3.8) is 0 Å². The zero-order valence-corrected chi connectivity index (χ0v) is 27.3. The number of carbonyl (C=O) groups is 3. The number of hydrogen-bond donors (Lipinski definition) is 7. The molecule has 1 aliphatic rings. The molecule has 0 radical (unpaired) electrons. The molecule has 0 spiro atoms. The van der Waals surface area contributed by atoms with Crippen LogP contribution in [0.2, 0.25) is 0 Å². The van der Waals surface area contributed by atoms with Crippen LogP contribution in [0.15, 0.2) is 41.0 Å². The molecule has 1 aliphatic heterocycles. The third-order valence-corrected chi connectivity index (χ3v) is 8.12. The third kappa shape index (κ3) is 7.98. The number of nitrogen functional groups attached to an aromatic ring is 1. The number of aromatic nitrogens is 3. The second kappa shape index (κ2) is 14.1. The Hall–Kier alpha value is -4.87. The summed E-state index contributed by atoms with van der Waals surface area (Å²) in [7, 11) is -3.34. The number of amides is 2. The molecular formula is C26H33N9O11S2. The molecule has 3 aromatic rings. The maximum Gasteiger partial charge on any atom is 0.418 e. The number of anilines is 1. The van der Waals surface area contributed by atoms with Gasteiger partial charge < -0.3 is 45.7 Å². The predicted molar refractivity (Wildman–Crippen MR) is 166 cm³/mol. The van der Waals surface area contributed by atoms with E-state index < -0.39 is 64.3 Å². The number of aliphatic hydroxyl groups is 1. The van der Waals surface area contributed by atoms with Gasteiger partial charge in [-0.15, -0.1) is 15.6 Å². The summed E-state index contributed by atoms with van der Waals surface area (Å²) in [6, 6.07) is 5.15. The summed E-state index contributed by atoms with van der Waals surface area (Å²) in [4.78, 5) is 46.8. The number of nitrogens with one attached hydrogen (secondary N) is 2. The Bertz CT molecular complexity index is 1880. The molecule has 4 rings (SSSR count). The van der Waals surface area contributed by atoms with E-state index in [1.165, 1.54) is 19.2 Å². The summed E-state index contributed by atoms with van der Waals surface area (Å²) >= 11 is 0.940. The van der Waals surface area contributed by atoms with Gasteiger partial charge in [-0.25, -0.2) is 9.78 Å². The third-order valence-electron chi connectivity index (χ3n) is 7.11. The molecular weight excluding hydrogens is 678 g/mol. The minimum absolute atomic E-state index is 0.0390. The highest BCUT2D eigenvalue weighted by atomic mass is 32.3. The lowest BCUT2D eigenvalue weighted by Gasteiger charge is -2.50. The fourth-order valence-electron chi connectivity index (χ4n) is 4.49. The fourth-order valence-corrected chi connectivity index (χ4v) is 5.49. The molecule has 2 aromatic heterocycles. The molecule has 1 fully saturated rings. The monoisotopic (exact) mass is 711 g/mol. The number of aliphatic hydroxyl groups excluding tert-OH is 1. The lowest BCUT2D eigenvalue weighted by Crippen LogP contribution is -2.76. The van der Waals surface area contributed by atoms with E-state index in [1.807, 2.05) is 0 Å². The lowest BCUT2D eigenvalue weighted by atomic mass is 9.84. The molecule has 48 heavy (non-hydrogen) atoms. The zero-order chi connectivity index (χ0) is 35.6. The number of oxime groups is 1. The maximum absolute atomic E-state index is 13.2. The van der Waals surface area contributed by atoms with Crippen LogP contribution in [0, 0.1) is 5.41 Å². The first-order valence-electron chi connectivity index (χ1n) is 13.8. The van der Waals surface area contributed by atoms with Crippen molar-refractivity contribution in [3.05, 3.63) is 47.2 Å². The Morgan fingerprint density at radius 3 is 2.48 bits per heavy atom. The fraction of sp³-hybridized carbons (Fsp3) is 0.385. The summed E-state index contributed by atoms with van der Waals surface area (Å²) in [6.45, 7) is 2.32. The number of thiazole rings is 1. The summed E-state index contributed by atoms with van der Waals surface area (Å²) in [6.07, 6.45) is -0.849. The Balaban J connectivity index is 1.46. The molecule has 0 aliphatic carbocycles. The molecule has 1 saturated heterocycles. The average molecular weight is 712 g/mol. The molecule has 0 bridgehead atoms. The van der Waals surface area contributed by atoms with E-state index in [0.29, 0.717) is 16.3 Å². The molecule has 20 nitrogen and oxygen atoms in total. The number of rotatable bonds is 15. The van der Waals surface area contributed by atoms with E-state index in [4.69, 9.17) is 31.0 Å². The van der Waals surface area contributed by atoms with Crippen molar-refractivity contribution >= 4 is 50.4 Å². The van der Waals surface area contributed by atoms with E-state index in [2.05, 4.69) is 19.7 Å². The van der Waals surface area contributed by atoms with Crippen molar-refractivity contribution in [2.75, 3.05) is 18.9 Å².